The van der Waals surface area contributed by atoms with Crippen LogP contribution in [-0.2, 0) is 6.54 Å². The van der Waals surface area contributed by atoms with E-state index in [4.69, 9.17) is 0 Å². The van der Waals surface area contributed by atoms with E-state index in [0.717, 1.165) is 12.5 Å². The van der Waals surface area contributed by atoms with E-state index < -0.39 is 0 Å². The number of hydrogen-bond acceptors (Lipinski definition) is 2. The molecule has 3 nitrogen and oxygen atoms in total. The van der Waals surface area contributed by atoms with Crippen LogP contribution in [0.25, 0.3) is 0 Å². The lowest BCUT2D eigenvalue weighted by atomic mass is 10.1. The molecule has 1 aromatic carbocycles. The highest BCUT2D eigenvalue weighted by atomic mass is 15.3. The molecule has 1 fully saturated rings. The summed E-state index contributed by atoms with van der Waals surface area (Å²) in [6.45, 7) is 3.11. The van der Waals surface area contributed by atoms with E-state index in [0.29, 0.717) is 6.04 Å². The normalized spacial score (nSPS) is 16.5. The number of benzene rings is 1. The number of hydrogen-bond donors (Lipinski definition) is 1. The van der Waals surface area contributed by atoms with E-state index in [9.17, 15) is 0 Å². The fraction of sp³-hybridized carbons (Fsp3) is 0.400. The van der Waals surface area contributed by atoms with Gasteiger partial charge in [-0.15, -0.1) is 0 Å². The maximum absolute atomic E-state index is 4.21. The van der Waals surface area contributed by atoms with Crippen LogP contribution in [0.15, 0.2) is 42.7 Å². The van der Waals surface area contributed by atoms with Crippen molar-refractivity contribution in [2.75, 3.05) is 5.32 Å². The average Bonchev–Trinajstić information content (AvgIpc) is 3.11. The summed E-state index contributed by atoms with van der Waals surface area (Å²) >= 11 is 0. The third kappa shape index (κ3) is 2.73. The van der Waals surface area contributed by atoms with Crippen molar-refractivity contribution in [2.45, 2.75) is 32.4 Å². The summed E-state index contributed by atoms with van der Waals surface area (Å²) in [7, 11) is 0. The second-order valence-corrected chi connectivity index (χ2v) is 5.17. The smallest absolute Gasteiger partial charge is 0.0659 e. The molecular weight excluding hydrogens is 222 g/mol. The van der Waals surface area contributed by atoms with Crippen molar-refractivity contribution in [1.82, 2.24) is 9.78 Å². The van der Waals surface area contributed by atoms with E-state index in [-0.39, 0.29) is 0 Å². The van der Waals surface area contributed by atoms with Gasteiger partial charge in [0, 0.05) is 24.1 Å². The average molecular weight is 241 g/mol. The Balaban J connectivity index is 1.61. The van der Waals surface area contributed by atoms with E-state index in [2.05, 4.69) is 41.6 Å². The lowest BCUT2D eigenvalue weighted by Crippen LogP contribution is -2.17. The highest BCUT2D eigenvalue weighted by Gasteiger charge is 2.27. The third-order valence-corrected chi connectivity index (χ3v) is 3.58. The summed E-state index contributed by atoms with van der Waals surface area (Å²) in [4.78, 5) is 0. The van der Waals surface area contributed by atoms with Crippen LogP contribution in [0.5, 0.6) is 0 Å². The Bertz CT molecular complexity index is 483. The summed E-state index contributed by atoms with van der Waals surface area (Å²) in [5.41, 5.74) is 2.50. The van der Waals surface area contributed by atoms with Crippen LogP contribution in [0, 0.1) is 5.92 Å². The van der Waals surface area contributed by atoms with Crippen LogP contribution >= 0.6 is 0 Å². The second-order valence-electron chi connectivity index (χ2n) is 5.17. The minimum atomic E-state index is 0.599. The Kier molecular flexibility index (Phi) is 3.05. The number of anilines is 1. The molecular formula is C15H19N3. The molecule has 1 unspecified atom stereocenters. The summed E-state index contributed by atoms with van der Waals surface area (Å²) < 4.78 is 1.94. The second kappa shape index (κ2) is 4.84. The predicted molar refractivity (Wildman–Crippen MR) is 73.6 cm³/mol. The zero-order valence-corrected chi connectivity index (χ0v) is 10.7. The molecule has 3 heteroatoms. The Hall–Kier alpha value is -1.77. The fourth-order valence-corrected chi connectivity index (χ4v) is 2.26. The van der Waals surface area contributed by atoms with Gasteiger partial charge in [-0.1, -0.05) is 12.1 Å². The van der Waals surface area contributed by atoms with Gasteiger partial charge in [0.15, 0.2) is 0 Å². The molecule has 1 heterocycles. The number of rotatable bonds is 5. The monoisotopic (exact) mass is 241 g/mol. The number of nitrogens with one attached hydrogen (secondary N) is 1. The molecule has 1 N–H and O–H groups in total. The first-order chi connectivity index (χ1) is 8.81. The van der Waals surface area contributed by atoms with E-state index >= 15 is 0 Å². The highest BCUT2D eigenvalue weighted by Crippen LogP contribution is 2.33. The summed E-state index contributed by atoms with van der Waals surface area (Å²) in [6.07, 6.45) is 6.56. The molecule has 0 saturated heterocycles. The van der Waals surface area contributed by atoms with Gasteiger partial charge < -0.3 is 5.32 Å². The first kappa shape index (κ1) is 11.3. The van der Waals surface area contributed by atoms with Gasteiger partial charge in [-0.25, -0.2) is 0 Å². The van der Waals surface area contributed by atoms with Crippen molar-refractivity contribution in [3.8, 4) is 0 Å². The fourth-order valence-electron chi connectivity index (χ4n) is 2.26. The van der Waals surface area contributed by atoms with Gasteiger partial charge in [-0.2, -0.15) is 5.10 Å². The molecule has 0 aliphatic heterocycles. The summed E-state index contributed by atoms with van der Waals surface area (Å²) in [5.74, 6) is 0.883. The van der Waals surface area contributed by atoms with Gasteiger partial charge in [-0.3, -0.25) is 4.68 Å². The molecule has 0 bridgehead atoms. The lowest BCUT2D eigenvalue weighted by molar-refractivity contribution is 0.685. The molecule has 0 radical (unpaired) electrons. The maximum Gasteiger partial charge on any atom is 0.0659 e. The maximum atomic E-state index is 4.21. The SMILES string of the molecule is CC(Nc1ccc(Cn2cccn2)cc1)C1CC1. The first-order valence-electron chi connectivity index (χ1n) is 6.64. The van der Waals surface area contributed by atoms with Gasteiger partial charge >= 0.3 is 0 Å². The quantitative estimate of drug-likeness (QED) is 0.871. The molecule has 94 valence electrons. The Morgan fingerprint density at radius 3 is 2.72 bits per heavy atom. The van der Waals surface area contributed by atoms with Crippen molar-refractivity contribution >= 4 is 5.69 Å². The number of nitrogens with zero attached hydrogens (tertiary/aromatic N) is 2. The zero-order chi connectivity index (χ0) is 12.4. The van der Waals surface area contributed by atoms with Crippen LogP contribution in [-0.4, -0.2) is 15.8 Å². The molecule has 3 rings (SSSR count). The first-order valence-corrected chi connectivity index (χ1v) is 6.64. The van der Waals surface area contributed by atoms with Crippen molar-refractivity contribution in [1.29, 1.82) is 0 Å². The molecule has 1 saturated carbocycles. The molecule has 1 aliphatic rings. The van der Waals surface area contributed by atoms with Crippen LogP contribution < -0.4 is 5.32 Å². The summed E-state index contributed by atoms with van der Waals surface area (Å²) in [5, 5.41) is 7.78. The largest absolute Gasteiger partial charge is 0.382 e. The Morgan fingerprint density at radius 1 is 1.33 bits per heavy atom. The lowest BCUT2D eigenvalue weighted by Gasteiger charge is -2.14. The standard InChI is InChI=1S/C15H19N3/c1-12(14-5-6-14)17-15-7-3-13(4-8-15)11-18-10-2-9-16-18/h2-4,7-10,12,14,17H,5-6,11H2,1H3. The number of aromatic nitrogens is 2. The molecule has 18 heavy (non-hydrogen) atoms. The molecule has 0 amide bonds. The zero-order valence-electron chi connectivity index (χ0n) is 10.7. The van der Waals surface area contributed by atoms with E-state index in [1.54, 1.807) is 0 Å². The Morgan fingerprint density at radius 2 is 2.11 bits per heavy atom. The van der Waals surface area contributed by atoms with Gasteiger partial charge in [-0.05, 0) is 49.4 Å². The van der Waals surface area contributed by atoms with E-state index in [1.807, 2.05) is 23.1 Å². The van der Waals surface area contributed by atoms with Gasteiger partial charge in [0.05, 0.1) is 6.54 Å². The minimum absolute atomic E-state index is 0.599. The van der Waals surface area contributed by atoms with Gasteiger partial charge in [0.1, 0.15) is 0 Å². The topological polar surface area (TPSA) is 29.9 Å². The van der Waals surface area contributed by atoms with E-state index in [1.165, 1.54) is 24.1 Å². The van der Waals surface area contributed by atoms with Crippen molar-refractivity contribution in [3.63, 3.8) is 0 Å². The van der Waals surface area contributed by atoms with Crippen LogP contribution in [0.4, 0.5) is 5.69 Å². The van der Waals surface area contributed by atoms with Crippen LogP contribution in [0.2, 0.25) is 0 Å². The Labute approximate surface area is 108 Å². The molecule has 1 atom stereocenters. The van der Waals surface area contributed by atoms with Gasteiger partial charge in [0.2, 0.25) is 0 Å². The summed E-state index contributed by atoms with van der Waals surface area (Å²) in [6, 6.07) is 11.2. The molecule has 1 aromatic heterocycles. The molecule has 2 aromatic rings. The van der Waals surface area contributed by atoms with Crippen molar-refractivity contribution in [3.05, 3.63) is 48.3 Å². The predicted octanol–water partition coefficient (Wildman–Crippen LogP) is 3.14. The van der Waals surface area contributed by atoms with Crippen LogP contribution in [0.3, 0.4) is 0 Å². The van der Waals surface area contributed by atoms with Gasteiger partial charge in [0.25, 0.3) is 0 Å². The highest BCUT2D eigenvalue weighted by molar-refractivity contribution is 5.45. The van der Waals surface area contributed by atoms with Crippen molar-refractivity contribution < 1.29 is 0 Å². The third-order valence-electron chi connectivity index (χ3n) is 3.58. The molecule has 0 spiro atoms. The van der Waals surface area contributed by atoms with Crippen LogP contribution in [0.1, 0.15) is 25.3 Å². The minimum Gasteiger partial charge on any atom is -0.382 e. The van der Waals surface area contributed by atoms with Crippen molar-refractivity contribution in [2.24, 2.45) is 5.92 Å². The molecule has 1 aliphatic carbocycles.